The van der Waals surface area contributed by atoms with Crippen LogP contribution in [0.4, 0.5) is 5.00 Å². The van der Waals surface area contributed by atoms with E-state index in [1.165, 1.54) is 18.4 Å². The summed E-state index contributed by atoms with van der Waals surface area (Å²) < 4.78 is 10.3. The number of carbonyl (C=O) groups excluding carboxylic acids is 2. The Balaban J connectivity index is 1.73. The third-order valence-corrected chi connectivity index (χ3v) is 5.67. The van der Waals surface area contributed by atoms with Gasteiger partial charge in [0, 0.05) is 4.88 Å². The molecule has 1 aliphatic rings. The van der Waals surface area contributed by atoms with Crippen LogP contribution < -0.4 is 10.7 Å². The third kappa shape index (κ3) is 2.61. The van der Waals surface area contributed by atoms with Gasteiger partial charge in [-0.2, -0.15) is 0 Å². The molecule has 2 aromatic heterocycles. The number of para-hydroxylation sites is 1. The number of amides is 1. The van der Waals surface area contributed by atoms with E-state index in [1.807, 2.05) is 0 Å². The molecule has 6 nitrogen and oxygen atoms in total. The molecular weight excluding hydrogens is 354 g/mol. The van der Waals surface area contributed by atoms with E-state index in [1.54, 1.807) is 24.3 Å². The highest BCUT2D eigenvalue weighted by molar-refractivity contribution is 7.17. The smallest absolute Gasteiger partial charge is 0.341 e. The maximum absolute atomic E-state index is 12.7. The molecule has 1 aliphatic carbocycles. The first-order valence-corrected chi connectivity index (χ1v) is 8.96. The van der Waals surface area contributed by atoms with Gasteiger partial charge >= 0.3 is 5.97 Å². The van der Waals surface area contributed by atoms with Crippen molar-refractivity contribution in [2.75, 3.05) is 12.4 Å². The van der Waals surface area contributed by atoms with Crippen LogP contribution in [0.1, 0.15) is 37.6 Å². The minimum atomic E-state index is -0.602. The van der Waals surface area contributed by atoms with E-state index >= 15 is 0 Å². The first-order valence-electron chi connectivity index (χ1n) is 8.15. The van der Waals surface area contributed by atoms with Crippen LogP contribution in [-0.4, -0.2) is 19.0 Å². The minimum Gasteiger partial charge on any atom is -0.465 e. The lowest BCUT2D eigenvalue weighted by Crippen LogP contribution is -2.22. The number of fused-ring (bicyclic) bond motifs is 2. The Labute approximate surface area is 152 Å². The molecule has 3 aromatic rings. The van der Waals surface area contributed by atoms with Crippen molar-refractivity contribution in [2.45, 2.75) is 19.3 Å². The van der Waals surface area contributed by atoms with E-state index in [2.05, 4.69) is 5.32 Å². The Kier molecular flexibility index (Phi) is 4.08. The van der Waals surface area contributed by atoms with Crippen LogP contribution in [-0.2, 0) is 17.6 Å². The molecule has 0 spiro atoms. The van der Waals surface area contributed by atoms with Crippen molar-refractivity contribution in [2.24, 2.45) is 0 Å². The first-order chi connectivity index (χ1) is 12.6. The van der Waals surface area contributed by atoms with Gasteiger partial charge in [-0.15, -0.1) is 11.3 Å². The van der Waals surface area contributed by atoms with Crippen molar-refractivity contribution in [1.82, 2.24) is 0 Å². The van der Waals surface area contributed by atoms with Gasteiger partial charge in [-0.3, -0.25) is 9.59 Å². The lowest BCUT2D eigenvalue weighted by molar-refractivity contribution is 0.0601. The zero-order valence-electron chi connectivity index (χ0n) is 14.0. The van der Waals surface area contributed by atoms with Gasteiger partial charge in [0.2, 0.25) is 5.43 Å². The second-order valence-corrected chi connectivity index (χ2v) is 7.09. The summed E-state index contributed by atoms with van der Waals surface area (Å²) in [7, 11) is 1.31. The van der Waals surface area contributed by atoms with Gasteiger partial charge in [-0.05, 0) is 37.0 Å². The fourth-order valence-corrected chi connectivity index (χ4v) is 4.49. The average Bonchev–Trinajstić information content (AvgIpc) is 3.22. The van der Waals surface area contributed by atoms with Crippen molar-refractivity contribution in [3.8, 4) is 0 Å². The molecule has 0 unspecified atom stereocenters. The maximum Gasteiger partial charge on any atom is 0.341 e. The number of anilines is 1. The number of nitrogens with one attached hydrogen (secondary N) is 1. The van der Waals surface area contributed by atoms with Crippen molar-refractivity contribution >= 4 is 39.2 Å². The van der Waals surface area contributed by atoms with Crippen molar-refractivity contribution in [3.63, 3.8) is 0 Å². The Hall–Kier alpha value is -2.93. The van der Waals surface area contributed by atoms with Gasteiger partial charge in [-0.25, -0.2) is 4.79 Å². The summed E-state index contributed by atoms with van der Waals surface area (Å²) in [6.07, 6.45) is 3.79. The molecule has 0 aliphatic heterocycles. The quantitative estimate of drug-likeness (QED) is 0.715. The standard InChI is InChI=1S/C19H15NO5S/c1-24-19(23)15-11-6-4-8-14(11)26-18(15)20-17(22)12-9-25-13-7-3-2-5-10(13)16(12)21/h2-3,5,7,9H,4,6,8H2,1H3,(H,20,22). The van der Waals surface area contributed by atoms with Crippen LogP contribution in [0.25, 0.3) is 11.0 Å². The van der Waals surface area contributed by atoms with E-state index in [-0.39, 0.29) is 5.56 Å². The summed E-state index contributed by atoms with van der Waals surface area (Å²) in [5.41, 5.74) is 1.23. The molecule has 0 saturated carbocycles. The van der Waals surface area contributed by atoms with Gasteiger partial charge in [0.15, 0.2) is 0 Å². The Morgan fingerprint density at radius 2 is 2.04 bits per heavy atom. The average molecular weight is 369 g/mol. The summed E-state index contributed by atoms with van der Waals surface area (Å²) in [6, 6.07) is 6.73. The van der Waals surface area contributed by atoms with Crippen LogP contribution in [0.2, 0.25) is 0 Å². The zero-order valence-corrected chi connectivity index (χ0v) is 14.8. The lowest BCUT2D eigenvalue weighted by Gasteiger charge is -2.07. The second-order valence-electron chi connectivity index (χ2n) is 5.98. The molecule has 1 N–H and O–H groups in total. The fraction of sp³-hybridized carbons (Fsp3) is 0.211. The highest BCUT2D eigenvalue weighted by atomic mass is 32.1. The van der Waals surface area contributed by atoms with Gasteiger partial charge in [0.1, 0.15) is 22.4 Å². The molecule has 0 atom stereocenters. The predicted octanol–water partition coefficient (Wildman–Crippen LogP) is 3.38. The summed E-state index contributed by atoms with van der Waals surface area (Å²) in [6.45, 7) is 0. The summed E-state index contributed by atoms with van der Waals surface area (Å²) >= 11 is 1.36. The van der Waals surface area contributed by atoms with Gasteiger partial charge in [-0.1, -0.05) is 12.1 Å². The molecule has 1 aromatic carbocycles. The number of methoxy groups -OCH3 is 1. The number of thiophene rings is 1. The Morgan fingerprint density at radius 1 is 1.23 bits per heavy atom. The van der Waals surface area contributed by atoms with Crippen molar-refractivity contribution in [1.29, 1.82) is 0 Å². The molecule has 4 rings (SSSR count). The van der Waals surface area contributed by atoms with E-state index in [9.17, 15) is 14.4 Å². The second kappa shape index (κ2) is 6.42. The molecule has 0 bridgehead atoms. The van der Waals surface area contributed by atoms with E-state index in [4.69, 9.17) is 9.15 Å². The predicted molar refractivity (Wildman–Crippen MR) is 98.1 cm³/mol. The third-order valence-electron chi connectivity index (χ3n) is 4.46. The van der Waals surface area contributed by atoms with Crippen LogP contribution in [0.3, 0.4) is 0 Å². The lowest BCUT2D eigenvalue weighted by atomic mass is 10.1. The van der Waals surface area contributed by atoms with Crippen molar-refractivity contribution in [3.05, 3.63) is 62.3 Å². The molecular formula is C19H15NO5S. The monoisotopic (exact) mass is 369 g/mol. The number of esters is 1. The molecule has 0 radical (unpaired) electrons. The topological polar surface area (TPSA) is 85.6 Å². The number of carbonyl (C=O) groups is 2. The maximum atomic E-state index is 12.7. The van der Waals surface area contributed by atoms with E-state index in [0.29, 0.717) is 21.5 Å². The normalized spacial score (nSPS) is 12.8. The zero-order chi connectivity index (χ0) is 18.3. The number of aryl methyl sites for hydroxylation is 1. The van der Waals surface area contributed by atoms with Gasteiger partial charge < -0.3 is 14.5 Å². The summed E-state index contributed by atoms with van der Waals surface area (Å²) in [5, 5.41) is 3.45. The number of ether oxygens (including phenoxy) is 1. The van der Waals surface area contributed by atoms with Crippen LogP contribution in [0.5, 0.6) is 0 Å². The minimum absolute atomic E-state index is 0.104. The van der Waals surface area contributed by atoms with Gasteiger partial charge in [0.25, 0.3) is 5.91 Å². The van der Waals surface area contributed by atoms with Crippen LogP contribution >= 0.6 is 11.3 Å². The molecule has 0 fully saturated rings. The summed E-state index contributed by atoms with van der Waals surface area (Å²) in [4.78, 5) is 38.5. The van der Waals surface area contributed by atoms with Gasteiger partial charge in [0.05, 0.1) is 18.1 Å². The number of hydrogen-bond acceptors (Lipinski definition) is 6. The van der Waals surface area contributed by atoms with E-state index in [0.717, 1.165) is 36.0 Å². The number of rotatable bonds is 3. The number of benzene rings is 1. The SMILES string of the molecule is COC(=O)c1c(NC(=O)c2coc3ccccc3c2=O)sc2c1CCC2. The van der Waals surface area contributed by atoms with Crippen LogP contribution in [0, 0.1) is 0 Å². The van der Waals surface area contributed by atoms with E-state index < -0.39 is 17.3 Å². The summed E-state index contributed by atoms with van der Waals surface area (Å²) in [5.74, 6) is -1.08. The molecule has 7 heteroatoms. The van der Waals surface area contributed by atoms with Crippen LogP contribution in [0.15, 0.2) is 39.7 Å². The molecule has 1 amide bonds. The Morgan fingerprint density at radius 3 is 2.85 bits per heavy atom. The molecule has 132 valence electrons. The number of hydrogen-bond donors (Lipinski definition) is 1. The highest BCUT2D eigenvalue weighted by Gasteiger charge is 2.28. The Bertz CT molecular complexity index is 1090. The molecule has 26 heavy (non-hydrogen) atoms. The van der Waals surface area contributed by atoms with Crippen molar-refractivity contribution < 1.29 is 18.7 Å². The highest BCUT2D eigenvalue weighted by Crippen LogP contribution is 2.39. The fourth-order valence-electron chi connectivity index (χ4n) is 3.22. The molecule has 2 heterocycles. The largest absolute Gasteiger partial charge is 0.465 e. The first kappa shape index (κ1) is 16.5. The molecule has 0 saturated heterocycles.